The van der Waals surface area contributed by atoms with Gasteiger partial charge in [-0.25, -0.2) is 4.98 Å². The normalized spacial score (nSPS) is 10.5. The van der Waals surface area contributed by atoms with Gasteiger partial charge in [-0.05, 0) is 30.5 Å². The third kappa shape index (κ3) is 1.53. The molecule has 0 radical (unpaired) electrons. The Morgan fingerprint density at radius 1 is 1.29 bits per heavy atom. The number of ether oxygens (including phenoxy) is 1. The maximum atomic E-state index is 5.90. The molecule has 0 N–H and O–H groups in total. The summed E-state index contributed by atoms with van der Waals surface area (Å²) in [6.45, 7) is 1.94. The average Bonchev–Trinajstić information content (AvgIpc) is 2.17. The van der Waals surface area contributed by atoms with Gasteiger partial charge in [-0.15, -0.1) is 0 Å². The van der Waals surface area contributed by atoms with Gasteiger partial charge in [0.25, 0.3) is 0 Å². The van der Waals surface area contributed by atoms with E-state index in [1.165, 1.54) is 0 Å². The summed E-state index contributed by atoms with van der Waals surface area (Å²) in [4.78, 5) is 4.28. The smallest absolute Gasteiger partial charge is 0.221 e. The molecular formula is C11H10ClNO. The van der Waals surface area contributed by atoms with Gasteiger partial charge in [-0.3, -0.25) is 0 Å². The van der Waals surface area contributed by atoms with Crippen LogP contribution in [0.5, 0.6) is 5.88 Å². The summed E-state index contributed by atoms with van der Waals surface area (Å²) in [6.07, 6.45) is 0. The average molecular weight is 208 g/mol. The molecule has 0 saturated carbocycles. The lowest BCUT2D eigenvalue weighted by atomic mass is 10.1. The summed E-state index contributed by atoms with van der Waals surface area (Å²) < 4.78 is 5.19. The zero-order valence-corrected chi connectivity index (χ0v) is 8.80. The zero-order valence-electron chi connectivity index (χ0n) is 8.04. The third-order valence-electron chi connectivity index (χ3n) is 2.08. The number of rotatable bonds is 1. The first-order chi connectivity index (χ1) is 6.70. The quantitative estimate of drug-likeness (QED) is 0.717. The topological polar surface area (TPSA) is 22.1 Å². The van der Waals surface area contributed by atoms with E-state index >= 15 is 0 Å². The molecule has 1 aromatic heterocycles. The first kappa shape index (κ1) is 9.28. The van der Waals surface area contributed by atoms with Gasteiger partial charge in [0.2, 0.25) is 5.88 Å². The lowest BCUT2D eigenvalue weighted by molar-refractivity contribution is 0.402. The van der Waals surface area contributed by atoms with E-state index in [1.54, 1.807) is 7.11 Å². The molecule has 1 aromatic carbocycles. The van der Waals surface area contributed by atoms with Crippen LogP contribution in [-0.2, 0) is 0 Å². The fourth-order valence-corrected chi connectivity index (χ4v) is 1.64. The highest BCUT2D eigenvalue weighted by Gasteiger charge is 2.04. The third-order valence-corrected chi connectivity index (χ3v) is 2.32. The van der Waals surface area contributed by atoms with Crippen molar-refractivity contribution in [1.29, 1.82) is 0 Å². The van der Waals surface area contributed by atoms with E-state index in [9.17, 15) is 0 Å². The molecule has 0 saturated heterocycles. The van der Waals surface area contributed by atoms with Gasteiger partial charge in [0.05, 0.1) is 7.11 Å². The van der Waals surface area contributed by atoms with Gasteiger partial charge in [0.1, 0.15) is 0 Å². The Balaban J connectivity index is 2.81. The minimum atomic E-state index is 0.627. The van der Waals surface area contributed by atoms with Gasteiger partial charge in [0, 0.05) is 16.1 Å². The van der Waals surface area contributed by atoms with Gasteiger partial charge < -0.3 is 4.74 Å². The van der Waals surface area contributed by atoms with Crippen molar-refractivity contribution in [2.45, 2.75) is 6.92 Å². The molecule has 0 fully saturated rings. The molecule has 0 unspecified atom stereocenters. The molecule has 0 amide bonds. The molecule has 2 nitrogen and oxygen atoms in total. The highest BCUT2D eigenvalue weighted by atomic mass is 35.5. The number of hydrogen-bond acceptors (Lipinski definition) is 2. The second-order valence-electron chi connectivity index (χ2n) is 3.14. The predicted octanol–water partition coefficient (Wildman–Crippen LogP) is 3.21. The van der Waals surface area contributed by atoms with Crippen molar-refractivity contribution in [2.75, 3.05) is 7.11 Å². The molecule has 0 aliphatic heterocycles. The predicted molar refractivity (Wildman–Crippen MR) is 58.0 cm³/mol. The second kappa shape index (κ2) is 3.46. The lowest BCUT2D eigenvalue weighted by Gasteiger charge is -2.05. The lowest BCUT2D eigenvalue weighted by Crippen LogP contribution is -1.91. The summed E-state index contributed by atoms with van der Waals surface area (Å²) in [5, 5.41) is 2.74. The first-order valence-electron chi connectivity index (χ1n) is 4.31. The standard InChI is InChI=1S/C11H10ClNO/c1-7-5-8-3-4-9(12)6-10(8)11(13-7)14-2/h3-6H,1-2H3. The van der Waals surface area contributed by atoms with Crippen LogP contribution < -0.4 is 4.74 Å². The van der Waals surface area contributed by atoms with Crippen molar-refractivity contribution in [3.63, 3.8) is 0 Å². The van der Waals surface area contributed by atoms with Crippen molar-refractivity contribution < 1.29 is 4.74 Å². The molecule has 0 spiro atoms. The van der Waals surface area contributed by atoms with E-state index in [0.29, 0.717) is 10.9 Å². The number of hydrogen-bond donors (Lipinski definition) is 0. The van der Waals surface area contributed by atoms with Gasteiger partial charge in [0.15, 0.2) is 0 Å². The largest absolute Gasteiger partial charge is 0.481 e. The van der Waals surface area contributed by atoms with Crippen LogP contribution in [-0.4, -0.2) is 12.1 Å². The molecule has 72 valence electrons. The van der Waals surface area contributed by atoms with Gasteiger partial charge in [-0.1, -0.05) is 17.7 Å². The van der Waals surface area contributed by atoms with E-state index in [4.69, 9.17) is 16.3 Å². The highest BCUT2D eigenvalue weighted by molar-refractivity contribution is 6.31. The van der Waals surface area contributed by atoms with E-state index in [2.05, 4.69) is 4.98 Å². The SMILES string of the molecule is COc1nc(C)cc2ccc(Cl)cc12. The summed E-state index contributed by atoms with van der Waals surface area (Å²) in [5.74, 6) is 0.627. The molecule has 0 bridgehead atoms. The number of fused-ring (bicyclic) bond motifs is 1. The number of methoxy groups -OCH3 is 1. The van der Waals surface area contributed by atoms with E-state index in [-0.39, 0.29) is 0 Å². The molecule has 0 atom stereocenters. The van der Waals surface area contributed by atoms with Crippen LogP contribution in [0.15, 0.2) is 24.3 Å². The monoisotopic (exact) mass is 207 g/mol. The van der Waals surface area contributed by atoms with Crippen molar-refractivity contribution in [3.05, 3.63) is 35.0 Å². The van der Waals surface area contributed by atoms with Crippen LogP contribution in [0.25, 0.3) is 10.8 Å². The molecule has 3 heteroatoms. The van der Waals surface area contributed by atoms with Crippen LogP contribution in [0.1, 0.15) is 5.69 Å². The molecule has 2 aromatic rings. The molecular weight excluding hydrogens is 198 g/mol. The van der Waals surface area contributed by atoms with E-state index in [1.807, 2.05) is 31.2 Å². The van der Waals surface area contributed by atoms with E-state index < -0.39 is 0 Å². The fourth-order valence-electron chi connectivity index (χ4n) is 1.47. The summed E-state index contributed by atoms with van der Waals surface area (Å²) in [6, 6.07) is 7.70. The number of pyridine rings is 1. The minimum Gasteiger partial charge on any atom is -0.481 e. The Kier molecular flexibility index (Phi) is 2.30. The second-order valence-corrected chi connectivity index (χ2v) is 3.57. The Morgan fingerprint density at radius 3 is 2.79 bits per heavy atom. The van der Waals surface area contributed by atoms with Gasteiger partial charge >= 0.3 is 0 Å². The van der Waals surface area contributed by atoms with Crippen LogP contribution in [0.2, 0.25) is 5.02 Å². The van der Waals surface area contributed by atoms with Crippen molar-refractivity contribution in [1.82, 2.24) is 4.98 Å². The molecule has 2 rings (SSSR count). The van der Waals surface area contributed by atoms with Crippen molar-refractivity contribution in [2.24, 2.45) is 0 Å². The molecule has 14 heavy (non-hydrogen) atoms. The first-order valence-corrected chi connectivity index (χ1v) is 4.69. The minimum absolute atomic E-state index is 0.627. The van der Waals surface area contributed by atoms with Crippen LogP contribution in [0.3, 0.4) is 0 Å². The van der Waals surface area contributed by atoms with E-state index in [0.717, 1.165) is 16.5 Å². The molecule has 0 aliphatic rings. The summed E-state index contributed by atoms with van der Waals surface area (Å²) >= 11 is 5.90. The Hall–Kier alpha value is -1.28. The van der Waals surface area contributed by atoms with Crippen molar-refractivity contribution >= 4 is 22.4 Å². The van der Waals surface area contributed by atoms with Crippen LogP contribution in [0, 0.1) is 6.92 Å². The highest BCUT2D eigenvalue weighted by Crippen LogP contribution is 2.26. The Morgan fingerprint density at radius 2 is 2.07 bits per heavy atom. The maximum Gasteiger partial charge on any atom is 0.221 e. The number of halogens is 1. The zero-order chi connectivity index (χ0) is 10.1. The summed E-state index contributed by atoms with van der Waals surface area (Å²) in [7, 11) is 1.61. The number of aryl methyl sites for hydroxylation is 1. The van der Waals surface area contributed by atoms with Gasteiger partial charge in [-0.2, -0.15) is 0 Å². The molecule has 1 heterocycles. The molecule has 0 aliphatic carbocycles. The number of nitrogens with zero attached hydrogens (tertiary/aromatic N) is 1. The summed E-state index contributed by atoms with van der Waals surface area (Å²) in [5.41, 5.74) is 0.941. The maximum absolute atomic E-state index is 5.90. The van der Waals surface area contributed by atoms with Crippen molar-refractivity contribution in [3.8, 4) is 5.88 Å². The fraction of sp³-hybridized carbons (Fsp3) is 0.182. The Labute approximate surface area is 87.5 Å². The number of benzene rings is 1. The number of aromatic nitrogens is 1. The van der Waals surface area contributed by atoms with Crippen LogP contribution in [0.4, 0.5) is 0 Å². The van der Waals surface area contributed by atoms with Crippen LogP contribution >= 0.6 is 11.6 Å². The Bertz CT molecular complexity index is 482.